The molecule has 0 unspecified atom stereocenters. The van der Waals surface area contributed by atoms with Crippen molar-refractivity contribution >= 4 is 66.7 Å². The van der Waals surface area contributed by atoms with E-state index in [1.165, 1.54) is 23.1 Å². The van der Waals surface area contributed by atoms with Crippen LogP contribution >= 0.6 is 34.7 Å². The van der Waals surface area contributed by atoms with Gasteiger partial charge in [-0.25, -0.2) is 9.97 Å². The highest BCUT2D eigenvalue weighted by Gasteiger charge is 2.18. The van der Waals surface area contributed by atoms with Gasteiger partial charge in [-0.05, 0) is 36.8 Å². The summed E-state index contributed by atoms with van der Waals surface area (Å²) in [6.45, 7) is 2.38. The molecule has 2 aromatic carbocycles. The van der Waals surface area contributed by atoms with Crippen molar-refractivity contribution in [1.82, 2.24) is 14.5 Å². The average molecular weight is 507 g/mol. The molecule has 3 aromatic heterocycles. The molecule has 1 N–H and O–H groups in total. The number of thioether (sulfide) groups is 1. The monoisotopic (exact) mass is 506 g/mol. The van der Waals surface area contributed by atoms with Crippen molar-refractivity contribution < 1.29 is 4.79 Å². The van der Waals surface area contributed by atoms with E-state index in [0.717, 1.165) is 21.3 Å². The summed E-state index contributed by atoms with van der Waals surface area (Å²) in [6.07, 6.45) is 1.71. The molecule has 5 aromatic rings. The second-order valence-corrected chi connectivity index (χ2v) is 10.1. The van der Waals surface area contributed by atoms with Crippen molar-refractivity contribution in [3.05, 3.63) is 93.4 Å². The van der Waals surface area contributed by atoms with E-state index < -0.39 is 0 Å². The number of nitrogens with zero attached hydrogens (tertiary/aromatic N) is 3. The van der Waals surface area contributed by atoms with Gasteiger partial charge in [-0.2, -0.15) is 0 Å². The van der Waals surface area contributed by atoms with Crippen LogP contribution in [0.2, 0.25) is 5.02 Å². The van der Waals surface area contributed by atoms with E-state index in [1.807, 2.05) is 43.3 Å². The number of thiophene rings is 1. The van der Waals surface area contributed by atoms with Crippen LogP contribution in [0.15, 0.2) is 76.8 Å². The molecule has 0 aliphatic carbocycles. The second-order valence-electron chi connectivity index (χ2n) is 7.72. The molecule has 9 heteroatoms. The third-order valence-electron chi connectivity index (χ3n) is 5.26. The van der Waals surface area contributed by atoms with E-state index in [-0.39, 0.29) is 17.2 Å². The van der Waals surface area contributed by atoms with Crippen molar-refractivity contribution in [3.63, 3.8) is 0 Å². The molecule has 0 aliphatic heterocycles. The first-order chi connectivity index (χ1) is 16.5. The summed E-state index contributed by atoms with van der Waals surface area (Å²) in [4.78, 5) is 36.2. The Morgan fingerprint density at radius 1 is 1.12 bits per heavy atom. The SMILES string of the molecule is Cc1ccc(Cn2c(SCC(=O)Nc3ccccc3Cl)nc3c(sc4ncccc43)c2=O)cc1. The zero-order valence-corrected chi connectivity index (χ0v) is 20.5. The van der Waals surface area contributed by atoms with Crippen molar-refractivity contribution in [2.24, 2.45) is 0 Å². The number of pyridine rings is 1. The van der Waals surface area contributed by atoms with Gasteiger partial charge in [0.05, 0.1) is 28.5 Å². The molecular weight excluding hydrogens is 488 g/mol. The Kier molecular flexibility index (Phi) is 6.36. The van der Waals surface area contributed by atoms with Gasteiger partial charge in [-0.1, -0.05) is 65.3 Å². The number of anilines is 1. The molecule has 0 atom stereocenters. The van der Waals surface area contributed by atoms with Crippen LogP contribution in [0.25, 0.3) is 20.4 Å². The highest BCUT2D eigenvalue weighted by molar-refractivity contribution is 7.99. The summed E-state index contributed by atoms with van der Waals surface area (Å²) in [5, 5.41) is 4.60. The number of aryl methyl sites for hydroxylation is 1. The minimum Gasteiger partial charge on any atom is -0.324 e. The number of nitrogens with one attached hydrogen (secondary N) is 1. The Morgan fingerprint density at radius 3 is 2.71 bits per heavy atom. The van der Waals surface area contributed by atoms with Crippen molar-refractivity contribution in [2.45, 2.75) is 18.6 Å². The molecule has 6 nitrogen and oxygen atoms in total. The zero-order chi connectivity index (χ0) is 23.7. The van der Waals surface area contributed by atoms with Gasteiger partial charge >= 0.3 is 0 Å². The van der Waals surface area contributed by atoms with E-state index in [9.17, 15) is 9.59 Å². The maximum Gasteiger partial charge on any atom is 0.272 e. The Balaban J connectivity index is 1.51. The zero-order valence-electron chi connectivity index (χ0n) is 18.1. The van der Waals surface area contributed by atoms with E-state index in [0.29, 0.717) is 32.6 Å². The van der Waals surface area contributed by atoms with E-state index in [4.69, 9.17) is 16.6 Å². The van der Waals surface area contributed by atoms with Gasteiger partial charge in [0, 0.05) is 11.6 Å². The smallest absolute Gasteiger partial charge is 0.272 e. The minimum atomic E-state index is -0.230. The number of fused-ring (bicyclic) bond motifs is 3. The summed E-state index contributed by atoms with van der Waals surface area (Å²) in [7, 11) is 0. The number of hydrogen-bond acceptors (Lipinski definition) is 6. The van der Waals surface area contributed by atoms with Gasteiger partial charge in [-0.15, -0.1) is 11.3 Å². The second kappa shape index (κ2) is 9.58. The van der Waals surface area contributed by atoms with Gasteiger partial charge in [-0.3, -0.25) is 14.2 Å². The number of halogens is 1. The van der Waals surface area contributed by atoms with Crippen molar-refractivity contribution in [3.8, 4) is 0 Å². The quantitative estimate of drug-likeness (QED) is 0.234. The first-order valence-electron chi connectivity index (χ1n) is 10.5. The maximum absolute atomic E-state index is 13.5. The van der Waals surface area contributed by atoms with Gasteiger partial charge in [0.2, 0.25) is 5.91 Å². The Labute approximate surface area is 208 Å². The highest BCUT2D eigenvalue weighted by atomic mass is 35.5. The van der Waals surface area contributed by atoms with Crippen molar-refractivity contribution in [1.29, 1.82) is 0 Å². The molecule has 0 aliphatic rings. The molecule has 34 heavy (non-hydrogen) atoms. The first-order valence-corrected chi connectivity index (χ1v) is 12.7. The molecule has 170 valence electrons. The Bertz CT molecular complexity index is 1580. The van der Waals surface area contributed by atoms with Crippen LogP contribution in [0, 0.1) is 6.92 Å². The topological polar surface area (TPSA) is 76.9 Å². The number of rotatable bonds is 6. The standard InChI is InChI=1S/C25H19ClN4O2S2/c1-15-8-10-16(11-9-15)13-30-24(32)22-21(17-5-4-12-27-23(17)34-22)29-25(30)33-14-20(31)28-19-7-3-2-6-18(19)26/h2-12H,13-14H2,1H3,(H,28,31). The van der Waals surface area contributed by atoms with Gasteiger partial charge in [0.15, 0.2) is 5.16 Å². The number of para-hydroxylation sites is 1. The molecule has 0 bridgehead atoms. The van der Waals surface area contributed by atoms with Crippen molar-refractivity contribution in [2.75, 3.05) is 11.1 Å². The maximum atomic E-state index is 13.5. The van der Waals surface area contributed by atoms with Crippen LogP contribution in [-0.4, -0.2) is 26.2 Å². The molecule has 0 spiro atoms. The lowest BCUT2D eigenvalue weighted by molar-refractivity contribution is -0.113. The summed E-state index contributed by atoms with van der Waals surface area (Å²) in [5.41, 5.74) is 3.15. The molecule has 0 radical (unpaired) electrons. The Morgan fingerprint density at radius 2 is 1.91 bits per heavy atom. The van der Waals surface area contributed by atoms with E-state index in [2.05, 4.69) is 10.3 Å². The third-order valence-corrected chi connectivity index (χ3v) is 7.66. The van der Waals surface area contributed by atoms with Crippen LogP contribution in [0.5, 0.6) is 0 Å². The number of carbonyl (C=O) groups is 1. The lowest BCUT2D eigenvalue weighted by Gasteiger charge is -2.13. The molecule has 1 amide bonds. The lowest BCUT2D eigenvalue weighted by atomic mass is 10.1. The fourth-order valence-electron chi connectivity index (χ4n) is 3.55. The fraction of sp³-hybridized carbons (Fsp3) is 0.120. The summed E-state index contributed by atoms with van der Waals surface area (Å²) >= 11 is 8.72. The summed E-state index contributed by atoms with van der Waals surface area (Å²) < 4.78 is 2.20. The molecule has 0 fully saturated rings. The molecule has 5 rings (SSSR count). The molecule has 3 heterocycles. The number of carbonyl (C=O) groups excluding carboxylic acids is 1. The van der Waals surface area contributed by atoms with Crippen LogP contribution in [-0.2, 0) is 11.3 Å². The summed E-state index contributed by atoms with van der Waals surface area (Å²) in [5.74, 6) is -0.150. The van der Waals surface area contributed by atoms with E-state index in [1.54, 1.807) is 35.0 Å². The number of aromatic nitrogens is 3. The average Bonchev–Trinajstić information content (AvgIpc) is 3.21. The van der Waals surface area contributed by atoms with Gasteiger partial charge < -0.3 is 5.32 Å². The molecular formula is C25H19ClN4O2S2. The van der Waals surface area contributed by atoms with Crippen LogP contribution in [0.3, 0.4) is 0 Å². The Hall–Kier alpha value is -3.20. The van der Waals surface area contributed by atoms with Crippen LogP contribution in [0.1, 0.15) is 11.1 Å². The molecule has 0 saturated heterocycles. The fourth-order valence-corrected chi connectivity index (χ4v) is 5.55. The number of amides is 1. The minimum absolute atomic E-state index is 0.0807. The summed E-state index contributed by atoms with van der Waals surface area (Å²) in [6, 6.07) is 18.8. The third kappa shape index (κ3) is 4.57. The number of benzene rings is 2. The van der Waals surface area contributed by atoms with Gasteiger partial charge in [0.1, 0.15) is 9.53 Å². The van der Waals surface area contributed by atoms with Gasteiger partial charge in [0.25, 0.3) is 5.56 Å². The first kappa shape index (κ1) is 22.6. The predicted octanol–water partition coefficient (Wildman–Crippen LogP) is 5.75. The number of hydrogen-bond donors (Lipinski definition) is 1. The highest BCUT2D eigenvalue weighted by Crippen LogP contribution is 2.31. The van der Waals surface area contributed by atoms with Crippen LogP contribution < -0.4 is 10.9 Å². The predicted molar refractivity (Wildman–Crippen MR) is 140 cm³/mol. The molecule has 0 saturated carbocycles. The van der Waals surface area contributed by atoms with Crippen LogP contribution in [0.4, 0.5) is 5.69 Å². The lowest BCUT2D eigenvalue weighted by Crippen LogP contribution is -2.24. The largest absolute Gasteiger partial charge is 0.324 e. The van der Waals surface area contributed by atoms with E-state index >= 15 is 0 Å². The normalized spacial score (nSPS) is 11.2.